The van der Waals surface area contributed by atoms with E-state index in [9.17, 15) is 9.18 Å². The molecule has 0 aliphatic heterocycles. The second-order valence-corrected chi connectivity index (χ2v) is 4.77. The molecule has 3 nitrogen and oxygen atoms in total. The van der Waals surface area contributed by atoms with E-state index in [0.717, 1.165) is 11.1 Å². The summed E-state index contributed by atoms with van der Waals surface area (Å²) < 4.78 is 14.6. The molecule has 104 valence electrons. The molecule has 2 aromatic rings. The van der Waals surface area contributed by atoms with Crippen LogP contribution in [-0.2, 0) is 17.8 Å². The molecular weight excluding hydrogens is 255 g/mol. The van der Waals surface area contributed by atoms with Gasteiger partial charge in [-0.1, -0.05) is 12.1 Å². The van der Waals surface area contributed by atoms with Gasteiger partial charge in [0.05, 0.1) is 0 Å². The molecule has 1 aromatic carbocycles. The first-order chi connectivity index (χ1) is 9.63. The summed E-state index contributed by atoms with van der Waals surface area (Å²) in [5.41, 5.74) is 2.17. The Hall–Kier alpha value is -2.23. The highest BCUT2D eigenvalue weighted by atomic mass is 19.1. The fourth-order valence-electron chi connectivity index (χ4n) is 1.86. The van der Waals surface area contributed by atoms with Gasteiger partial charge in [0.15, 0.2) is 12.4 Å². The molecule has 0 saturated carbocycles. The smallest absolute Gasteiger partial charge is 0.285 e. The van der Waals surface area contributed by atoms with Crippen LogP contribution >= 0.6 is 0 Å². The monoisotopic (exact) mass is 273 g/mol. The lowest BCUT2D eigenvalue weighted by molar-refractivity contribution is -0.684. The minimum absolute atomic E-state index is 0.0269. The SMILES string of the molecule is Cc1cc[n+](CC(=O)NCCc2ccc(F)cc2)cc1. The van der Waals surface area contributed by atoms with E-state index in [0.29, 0.717) is 19.5 Å². The van der Waals surface area contributed by atoms with E-state index in [4.69, 9.17) is 0 Å². The summed E-state index contributed by atoms with van der Waals surface area (Å²) in [5.74, 6) is -0.269. The lowest BCUT2D eigenvalue weighted by atomic mass is 10.1. The largest absolute Gasteiger partial charge is 0.350 e. The first-order valence-corrected chi connectivity index (χ1v) is 6.60. The number of amides is 1. The fourth-order valence-corrected chi connectivity index (χ4v) is 1.86. The number of aromatic nitrogens is 1. The van der Waals surface area contributed by atoms with Gasteiger partial charge >= 0.3 is 0 Å². The zero-order chi connectivity index (χ0) is 14.4. The summed E-state index contributed by atoms with van der Waals surface area (Å²) >= 11 is 0. The summed E-state index contributed by atoms with van der Waals surface area (Å²) in [6.07, 6.45) is 4.47. The van der Waals surface area contributed by atoms with Crippen molar-refractivity contribution in [2.75, 3.05) is 6.54 Å². The van der Waals surface area contributed by atoms with Crippen molar-refractivity contribution in [2.24, 2.45) is 0 Å². The number of carbonyl (C=O) groups excluding carboxylic acids is 1. The van der Waals surface area contributed by atoms with Gasteiger partial charge in [-0.15, -0.1) is 0 Å². The van der Waals surface area contributed by atoms with Crippen LogP contribution in [0.2, 0.25) is 0 Å². The molecule has 2 rings (SSSR count). The maximum absolute atomic E-state index is 12.7. The third-order valence-corrected chi connectivity index (χ3v) is 3.03. The zero-order valence-corrected chi connectivity index (χ0v) is 11.5. The molecule has 0 bridgehead atoms. The predicted octanol–water partition coefficient (Wildman–Crippen LogP) is 1.78. The summed E-state index contributed by atoms with van der Waals surface area (Å²) in [6, 6.07) is 10.3. The van der Waals surface area contributed by atoms with Gasteiger partial charge in [0.2, 0.25) is 6.54 Å². The van der Waals surface area contributed by atoms with Crippen LogP contribution in [0.1, 0.15) is 11.1 Å². The molecule has 0 saturated heterocycles. The van der Waals surface area contributed by atoms with Gasteiger partial charge in [-0.05, 0) is 36.6 Å². The Morgan fingerprint density at radius 1 is 1.15 bits per heavy atom. The Bertz CT molecular complexity index is 564. The van der Waals surface area contributed by atoms with E-state index in [1.807, 2.05) is 36.0 Å². The second kappa shape index (κ2) is 6.80. The molecule has 0 fully saturated rings. The fraction of sp³-hybridized carbons (Fsp3) is 0.250. The Balaban J connectivity index is 1.75. The summed E-state index contributed by atoms with van der Waals surface area (Å²) in [6.45, 7) is 2.87. The van der Waals surface area contributed by atoms with E-state index in [2.05, 4.69) is 5.32 Å². The number of nitrogens with one attached hydrogen (secondary N) is 1. The van der Waals surface area contributed by atoms with E-state index in [1.165, 1.54) is 12.1 Å². The maximum atomic E-state index is 12.7. The zero-order valence-electron chi connectivity index (χ0n) is 11.5. The summed E-state index contributed by atoms with van der Waals surface area (Å²) in [4.78, 5) is 11.7. The predicted molar refractivity (Wildman–Crippen MR) is 74.5 cm³/mol. The minimum Gasteiger partial charge on any atom is -0.350 e. The van der Waals surface area contributed by atoms with Gasteiger partial charge in [0.25, 0.3) is 5.91 Å². The van der Waals surface area contributed by atoms with Gasteiger partial charge in [-0.25, -0.2) is 4.39 Å². The molecule has 0 unspecified atom stereocenters. The normalized spacial score (nSPS) is 10.3. The molecule has 1 amide bonds. The first-order valence-electron chi connectivity index (χ1n) is 6.60. The quantitative estimate of drug-likeness (QED) is 0.828. The lowest BCUT2D eigenvalue weighted by Crippen LogP contribution is -2.42. The molecule has 20 heavy (non-hydrogen) atoms. The van der Waals surface area contributed by atoms with Crippen LogP contribution in [0.5, 0.6) is 0 Å². The van der Waals surface area contributed by atoms with Crippen molar-refractivity contribution in [3.8, 4) is 0 Å². The van der Waals surface area contributed by atoms with Crippen molar-refractivity contribution in [1.29, 1.82) is 0 Å². The summed E-state index contributed by atoms with van der Waals surface area (Å²) in [5, 5.41) is 2.86. The van der Waals surface area contributed by atoms with Crippen LogP contribution in [-0.4, -0.2) is 12.5 Å². The number of aryl methyl sites for hydroxylation is 1. The molecule has 1 heterocycles. The molecule has 0 atom stereocenters. The standard InChI is InChI=1S/C16H17FN2O/c1-13-7-10-19(11-8-13)12-16(20)18-9-6-14-2-4-15(17)5-3-14/h2-5,7-8,10-11H,6,9,12H2,1H3/p+1. The van der Waals surface area contributed by atoms with Crippen LogP contribution in [0.15, 0.2) is 48.8 Å². The molecular formula is C16H18FN2O+. The second-order valence-electron chi connectivity index (χ2n) is 4.77. The van der Waals surface area contributed by atoms with Gasteiger partial charge in [-0.3, -0.25) is 4.79 Å². The van der Waals surface area contributed by atoms with Crippen LogP contribution in [0.3, 0.4) is 0 Å². The molecule has 1 aromatic heterocycles. The van der Waals surface area contributed by atoms with E-state index < -0.39 is 0 Å². The number of halogens is 1. The number of hydrogen-bond acceptors (Lipinski definition) is 1. The number of hydrogen-bond donors (Lipinski definition) is 1. The van der Waals surface area contributed by atoms with Crippen molar-refractivity contribution in [3.63, 3.8) is 0 Å². The Morgan fingerprint density at radius 3 is 2.45 bits per heavy atom. The average Bonchev–Trinajstić information content (AvgIpc) is 2.44. The van der Waals surface area contributed by atoms with Crippen LogP contribution in [0, 0.1) is 12.7 Å². The number of benzene rings is 1. The molecule has 4 heteroatoms. The Morgan fingerprint density at radius 2 is 1.80 bits per heavy atom. The highest BCUT2D eigenvalue weighted by Gasteiger charge is 2.07. The number of nitrogens with zero attached hydrogens (tertiary/aromatic N) is 1. The van der Waals surface area contributed by atoms with Gasteiger partial charge in [0.1, 0.15) is 5.82 Å². The Kier molecular flexibility index (Phi) is 4.82. The first kappa shape index (κ1) is 14.2. The lowest BCUT2D eigenvalue weighted by Gasteiger charge is -2.03. The molecule has 0 spiro atoms. The third kappa shape index (κ3) is 4.46. The van der Waals surface area contributed by atoms with Gasteiger partial charge < -0.3 is 5.32 Å². The van der Waals surface area contributed by atoms with Crippen molar-refractivity contribution >= 4 is 5.91 Å². The molecule has 0 aliphatic rings. The Labute approximate surface area is 118 Å². The summed E-state index contributed by atoms with van der Waals surface area (Å²) in [7, 11) is 0. The highest BCUT2D eigenvalue weighted by Crippen LogP contribution is 2.02. The van der Waals surface area contributed by atoms with E-state index in [1.54, 1.807) is 12.1 Å². The van der Waals surface area contributed by atoms with Gasteiger partial charge in [0, 0.05) is 18.7 Å². The maximum Gasteiger partial charge on any atom is 0.285 e. The minimum atomic E-state index is -0.242. The average molecular weight is 273 g/mol. The molecule has 0 aliphatic carbocycles. The number of carbonyl (C=O) groups is 1. The van der Waals surface area contributed by atoms with Gasteiger partial charge in [-0.2, -0.15) is 4.57 Å². The molecule has 1 N–H and O–H groups in total. The van der Waals surface area contributed by atoms with Crippen molar-refractivity contribution in [1.82, 2.24) is 5.32 Å². The highest BCUT2D eigenvalue weighted by molar-refractivity contribution is 5.74. The number of pyridine rings is 1. The van der Waals surface area contributed by atoms with Crippen LogP contribution in [0.4, 0.5) is 4.39 Å². The third-order valence-electron chi connectivity index (χ3n) is 3.03. The number of rotatable bonds is 5. The van der Waals surface area contributed by atoms with Crippen molar-refractivity contribution < 1.29 is 13.8 Å². The van der Waals surface area contributed by atoms with E-state index in [-0.39, 0.29) is 11.7 Å². The topological polar surface area (TPSA) is 33.0 Å². The van der Waals surface area contributed by atoms with Crippen molar-refractivity contribution in [3.05, 3.63) is 65.7 Å². The van der Waals surface area contributed by atoms with Crippen LogP contribution in [0.25, 0.3) is 0 Å². The molecule has 0 radical (unpaired) electrons. The van der Waals surface area contributed by atoms with E-state index >= 15 is 0 Å². The van der Waals surface area contributed by atoms with Crippen LogP contribution < -0.4 is 9.88 Å². The van der Waals surface area contributed by atoms with Crippen molar-refractivity contribution in [2.45, 2.75) is 19.9 Å².